The fourth-order valence-corrected chi connectivity index (χ4v) is 5.04. The lowest BCUT2D eigenvalue weighted by atomic mass is 9.76. The SMILES string of the molecule is CCC(=O)OCC(C)(C)CC(C)(C)COS(=O)(=O)ON1C(=O)N2C[C@H]1CC[C@H]2C(N)=O. The van der Waals surface area contributed by atoms with Crippen molar-refractivity contribution < 1.29 is 36.0 Å². The summed E-state index contributed by atoms with van der Waals surface area (Å²) in [6, 6.07) is -2.00. The topological polar surface area (TPSA) is 146 Å². The summed E-state index contributed by atoms with van der Waals surface area (Å²) in [5.41, 5.74) is 4.32. The number of hydrogen-bond acceptors (Lipinski definition) is 8. The van der Waals surface area contributed by atoms with Gasteiger partial charge in [0.1, 0.15) is 6.04 Å². The van der Waals surface area contributed by atoms with Crippen LogP contribution in [0.2, 0.25) is 0 Å². The van der Waals surface area contributed by atoms with Crippen LogP contribution in [0.3, 0.4) is 0 Å². The third-order valence-corrected chi connectivity index (χ3v) is 6.04. The number of carbonyl (C=O) groups is 3. The third kappa shape index (κ3) is 6.78. The van der Waals surface area contributed by atoms with Crippen molar-refractivity contribution in [2.24, 2.45) is 16.6 Å². The van der Waals surface area contributed by atoms with Gasteiger partial charge in [0.15, 0.2) is 0 Å². The minimum absolute atomic E-state index is 0.165. The summed E-state index contributed by atoms with van der Waals surface area (Å²) in [7, 11) is -4.52. The zero-order valence-corrected chi connectivity index (χ0v) is 19.6. The summed E-state index contributed by atoms with van der Waals surface area (Å²) in [4.78, 5) is 36.6. The Morgan fingerprint density at radius 2 is 1.74 bits per heavy atom. The maximum Gasteiger partial charge on any atom is 0.421 e. The second-order valence-corrected chi connectivity index (χ2v) is 10.9. The summed E-state index contributed by atoms with van der Waals surface area (Å²) in [6.07, 6.45) is 1.52. The van der Waals surface area contributed by atoms with E-state index < -0.39 is 45.3 Å². The first kappa shape index (κ1) is 25.3. The quantitative estimate of drug-likeness (QED) is 0.452. The second-order valence-electron chi connectivity index (χ2n) is 9.67. The van der Waals surface area contributed by atoms with Gasteiger partial charge in [-0.3, -0.25) is 9.59 Å². The van der Waals surface area contributed by atoms with Gasteiger partial charge in [-0.1, -0.05) is 34.6 Å². The monoisotopic (exact) mass is 463 g/mol. The highest BCUT2D eigenvalue weighted by Gasteiger charge is 2.49. The number of fused-ring (bicyclic) bond motifs is 2. The molecule has 2 saturated heterocycles. The van der Waals surface area contributed by atoms with E-state index >= 15 is 0 Å². The maximum atomic E-state index is 12.5. The molecule has 12 heteroatoms. The molecule has 0 aromatic rings. The molecule has 0 spiro atoms. The predicted octanol–water partition coefficient (Wildman–Crippen LogP) is 1.33. The van der Waals surface area contributed by atoms with Gasteiger partial charge in [-0.2, -0.15) is 13.5 Å². The first-order valence-electron chi connectivity index (χ1n) is 10.3. The molecule has 178 valence electrons. The molecule has 2 heterocycles. The van der Waals surface area contributed by atoms with E-state index in [4.69, 9.17) is 18.9 Å². The molecule has 11 nitrogen and oxygen atoms in total. The number of piperidine rings is 1. The van der Waals surface area contributed by atoms with Gasteiger partial charge in [-0.25, -0.2) is 8.98 Å². The number of primary amides is 1. The Hall–Kier alpha value is -1.92. The number of urea groups is 1. The maximum absolute atomic E-state index is 12.5. The largest absolute Gasteiger partial charge is 0.465 e. The van der Waals surface area contributed by atoms with Crippen LogP contribution >= 0.6 is 0 Å². The molecule has 0 aromatic carbocycles. The van der Waals surface area contributed by atoms with Gasteiger partial charge in [-0.05, 0) is 30.1 Å². The van der Waals surface area contributed by atoms with Gasteiger partial charge in [-0.15, -0.1) is 4.28 Å². The number of nitrogens with zero attached hydrogens (tertiary/aromatic N) is 2. The van der Waals surface area contributed by atoms with Crippen LogP contribution in [0.25, 0.3) is 0 Å². The minimum atomic E-state index is -4.52. The van der Waals surface area contributed by atoms with Crippen molar-refractivity contribution in [1.29, 1.82) is 0 Å². The Morgan fingerprint density at radius 1 is 1.13 bits per heavy atom. The molecule has 2 aliphatic rings. The van der Waals surface area contributed by atoms with Gasteiger partial charge in [0, 0.05) is 13.0 Å². The molecule has 2 bridgehead atoms. The van der Waals surface area contributed by atoms with Crippen LogP contribution in [0.4, 0.5) is 4.79 Å². The van der Waals surface area contributed by atoms with Crippen LogP contribution in [0.1, 0.15) is 60.3 Å². The van der Waals surface area contributed by atoms with Crippen molar-refractivity contribution in [3.05, 3.63) is 0 Å². The summed E-state index contributed by atoms with van der Waals surface area (Å²) in [6.45, 7) is 9.35. The standard InChI is InChI=1S/C19H33N3O8S/c1-6-15(23)28-11-18(2,3)10-19(4,5)12-29-31(26,27)30-22-13-7-8-14(16(20)24)21(9-13)17(22)25/h13-14H,6-12H2,1-5H3,(H2,20,24)/t13-,14+/m1/s1. The molecule has 0 radical (unpaired) electrons. The fourth-order valence-electron chi connectivity index (χ4n) is 4.15. The molecule has 2 aliphatic heterocycles. The molecule has 2 rings (SSSR count). The predicted molar refractivity (Wildman–Crippen MR) is 109 cm³/mol. The number of hydroxylamine groups is 2. The number of ether oxygens (including phenoxy) is 1. The van der Waals surface area contributed by atoms with E-state index in [0.29, 0.717) is 19.3 Å². The van der Waals surface area contributed by atoms with Crippen molar-refractivity contribution in [1.82, 2.24) is 9.96 Å². The number of rotatable bonds is 11. The Balaban J connectivity index is 1.93. The highest BCUT2D eigenvalue weighted by atomic mass is 32.3. The molecule has 2 atom stereocenters. The molecule has 0 aliphatic carbocycles. The average molecular weight is 464 g/mol. The van der Waals surface area contributed by atoms with Crippen LogP contribution in [-0.4, -0.2) is 68.1 Å². The van der Waals surface area contributed by atoms with Crippen LogP contribution < -0.4 is 5.73 Å². The van der Waals surface area contributed by atoms with Crippen LogP contribution in [0, 0.1) is 10.8 Å². The van der Waals surface area contributed by atoms with Crippen LogP contribution in [0.5, 0.6) is 0 Å². The van der Waals surface area contributed by atoms with Crippen molar-refractivity contribution >= 4 is 28.3 Å². The molecule has 2 fully saturated rings. The van der Waals surface area contributed by atoms with E-state index in [1.807, 2.05) is 27.7 Å². The van der Waals surface area contributed by atoms with E-state index in [1.54, 1.807) is 6.92 Å². The van der Waals surface area contributed by atoms with Gasteiger partial charge >= 0.3 is 22.4 Å². The lowest BCUT2D eigenvalue weighted by Gasteiger charge is -2.34. The van der Waals surface area contributed by atoms with Gasteiger partial charge in [0.25, 0.3) is 0 Å². The molecule has 0 unspecified atom stereocenters. The van der Waals surface area contributed by atoms with Gasteiger partial charge in [0.2, 0.25) is 5.91 Å². The van der Waals surface area contributed by atoms with E-state index in [0.717, 1.165) is 5.06 Å². The van der Waals surface area contributed by atoms with Gasteiger partial charge < -0.3 is 15.4 Å². The number of nitrogens with two attached hydrogens (primary N) is 1. The molecule has 2 N–H and O–H groups in total. The number of esters is 1. The fraction of sp³-hybridized carbons (Fsp3) is 0.842. The molecular weight excluding hydrogens is 430 g/mol. The number of carbonyl (C=O) groups excluding carboxylic acids is 3. The second kappa shape index (κ2) is 9.29. The van der Waals surface area contributed by atoms with Crippen molar-refractivity contribution in [3.63, 3.8) is 0 Å². The minimum Gasteiger partial charge on any atom is -0.465 e. The zero-order chi connectivity index (χ0) is 23.6. The normalized spacial score (nSPS) is 22.0. The smallest absolute Gasteiger partial charge is 0.421 e. The number of hydrogen-bond donors (Lipinski definition) is 1. The van der Waals surface area contributed by atoms with Crippen LogP contribution in [0.15, 0.2) is 0 Å². The highest BCUT2D eigenvalue weighted by molar-refractivity contribution is 7.81. The van der Waals surface area contributed by atoms with Gasteiger partial charge in [0.05, 0.1) is 19.3 Å². The molecule has 0 saturated carbocycles. The average Bonchev–Trinajstić information content (AvgIpc) is 2.88. The zero-order valence-electron chi connectivity index (χ0n) is 18.8. The highest BCUT2D eigenvalue weighted by Crippen LogP contribution is 2.35. The summed E-state index contributed by atoms with van der Waals surface area (Å²) in [5.74, 6) is -0.936. The van der Waals surface area contributed by atoms with E-state index in [9.17, 15) is 22.8 Å². The van der Waals surface area contributed by atoms with Crippen LogP contribution in [-0.2, 0) is 33.2 Å². The lowest BCUT2D eigenvalue weighted by molar-refractivity contribution is -0.147. The molecule has 31 heavy (non-hydrogen) atoms. The number of amides is 3. The summed E-state index contributed by atoms with van der Waals surface area (Å²) >= 11 is 0. The van der Waals surface area contributed by atoms with Crippen molar-refractivity contribution in [2.45, 2.75) is 72.4 Å². The molecule has 3 amide bonds. The van der Waals surface area contributed by atoms with E-state index in [1.165, 1.54) is 4.90 Å². The first-order valence-corrected chi connectivity index (χ1v) is 11.6. The van der Waals surface area contributed by atoms with Crippen molar-refractivity contribution in [3.8, 4) is 0 Å². The summed E-state index contributed by atoms with van der Waals surface area (Å²) < 4.78 is 40.0. The molecule has 0 aromatic heterocycles. The molecular formula is C19H33N3O8S. The van der Waals surface area contributed by atoms with E-state index in [-0.39, 0.29) is 32.1 Å². The van der Waals surface area contributed by atoms with E-state index in [2.05, 4.69) is 0 Å². The Morgan fingerprint density at radius 3 is 2.32 bits per heavy atom. The van der Waals surface area contributed by atoms with Crippen molar-refractivity contribution in [2.75, 3.05) is 19.8 Å². The summed E-state index contributed by atoms with van der Waals surface area (Å²) in [5, 5.41) is 0.749. The first-order chi connectivity index (χ1) is 14.2. The third-order valence-electron chi connectivity index (χ3n) is 5.29. The Kier molecular flexibility index (Phi) is 7.59. The lowest BCUT2D eigenvalue weighted by Crippen LogP contribution is -2.47. The Bertz CT molecular complexity index is 811. The Labute approximate surface area is 183 Å².